The molecule has 26 heavy (non-hydrogen) atoms. The van der Waals surface area contributed by atoms with Crippen molar-refractivity contribution < 1.29 is 9.59 Å². The Morgan fingerprint density at radius 2 is 1.73 bits per heavy atom. The number of piperidine rings is 1. The highest BCUT2D eigenvalue weighted by Crippen LogP contribution is 2.20. The number of nitrogens with one attached hydrogen (secondary N) is 2. The molecule has 0 radical (unpaired) electrons. The molecular formula is C20H30BrN3O2. The summed E-state index contributed by atoms with van der Waals surface area (Å²) in [5, 5.41) is 5.72. The summed E-state index contributed by atoms with van der Waals surface area (Å²) in [6.45, 7) is 9.04. The summed E-state index contributed by atoms with van der Waals surface area (Å²) in [4.78, 5) is 26.3. The first-order valence-corrected chi connectivity index (χ1v) is 10.3. The summed E-state index contributed by atoms with van der Waals surface area (Å²) in [5.41, 5.74) is 0.596. The molecule has 0 unspecified atom stereocenters. The smallest absolute Gasteiger partial charge is 0.251 e. The van der Waals surface area contributed by atoms with E-state index in [1.54, 1.807) is 12.1 Å². The van der Waals surface area contributed by atoms with E-state index in [-0.39, 0.29) is 11.8 Å². The molecule has 2 amide bonds. The quantitative estimate of drug-likeness (QED) is 0.631. The number of carbonyl (C=O) groups is 2. The van der Waals surface area contributed by atoms with Crippen molar-refractivity contribution in [2.45, 2.75) is 33.1 Å². The van der Waals surface area contributed by atoms with Gasteiger partial charge in [-0.3, -0.25) is 9.59 Å². The number of hydrogen-bond acceptors (Lipinski definition) is 3. The van der Waals surface area contributed by atoms with Gasteiger partial charge >= 0.3 is 0 Å². The molecule has 2 N–H and O–H groups in total. The molecule has 6 heteroatoms. The van der Waals surface area contributed by atoms with Gasteiger partial charge in [-0.15, -0.1) is 0 Å². The Morgan fingerprint density at radius 3 is 2.38 bits per heavy atom. The molecule has 5 nitrogen and oxygen atoms in total. The van der Waals surface area contributed by atoms with Crippen LogP contribution in [0.25, 0.3) is 0 Å². The standard InChI is InChI=1S/C20H30BrN3O2/c1-15-12-16(2)14-24(13-15)11-3-9-22-19(25)8-10-23-20(26)17-4-6-18(21)7-5-17/h4-7,15-16H,3,8-14H2,1-2H3,(H,22,25)(H,23,26)/t15-,16-/m0/s1. The lowest BCUT2D eigenvalue weighted by atomic mass is 9.92. The summed E-state index contributed by atoms with van der Waals surface area (Å²) < 4.78 is 0.932. The van der Waals surface area contributed by atoms with Crippen LogP contribution in [0.5, 0.6) is 0 Å². The summed E-state index contributed by atoms with van der Waals surface area (Å²) in [6, 6.07) is 7.15. The van der Waals surface area contributed by atoms with E-state index in [0.717, 1.165) is 29.3 Å². The van der Waals surface area contributed by atoms with Crippen LogP contribution in [0.2, 0.25) is 0 Å². The Kier molecular flexibility index (Phi) is 8.59. The number of carbonyl (C=O) groups excluding carboxylic acids is 2. The lowest BCUT2D eigenvalue weighted by Crippen LogP contribution is -2.40. The van der Waals surface area contributed by atoms with E-state index in [1.807, 2.05) is 12.1 Å². The van der Waals surface area contributed by atoms with Crippen LogP contribution in [0.15, 0.2) is 28.7 Å². The molecule has 1 aromatic carbocycles. The Hall–Kier alpha value is -1.40. The maximum atomic E-state index is 12.0. The van der Waals surface area contributed by atoms with Gasteiger partial charge in [0.05, 0.1) is 0 Å². The van der Waals surface area contributed by atoms with Crippen LogP contribution in [0, 0.1) is 11.8 Å². The second kappa shape index (κ2) is 10.7. The molecule has 0 spiro atoms. The topological polar surface area (TPSA) is 61.4 Å². The van der Waals surface area contributed by atoms with E-state index in [2.05, 4.69) is 45.3 Å². The maximum Gasteiger partial charge on any atom is 0.251 e. The SMILES string of the molecule is C[C@H]1C[C@H](C)CN(CCCNC(=O)CCNC(=O)c2ccc(Br)cc2)C1. The minimum atomic E-state index is -0.154. The summed E-state index contributed by atoms with van der Waals surface area (Å²) in [7, 11) is 0. The van der Waals surface area contributed by atoms with E-state index < -0.39 is 0 Å². The van der Waals surface area contributed by atoms with Crippen LogP contribution in [-0.4, -0.2) is 49.4 Å². The summed E-state index contributed by atoms with van der Waals surface area (Å²) in [6.07, 6.45) is 2.59. The number of rotatable bonds is 8. The Bertz CT molecular complexity index is 581. The molecule has 1 aliphatic heterocycles. The Labute approximate surface area is 165 Å². The third-order valence-corrected chi connectivity index (χ3v) is 5.19. The van der Waals surface area contributed by atoms with E-state index in [0.29, 0.717) is 25.1 Å². The van der Waals surface area contributed by atoms with Crippen LogP contribution >= 0.6 is 15.9 Å². The fourth-order valence-corrected chi connectivity index (χ4v) is 3.85. The van der Waals surface area contributed by atoms with Gasteiger partial charge < -0.3 is 15.5 Å². The van der Waals surface area contributed by atoms with Gasteiger partial charge in [0, 0.05) is 42.6 Å². The molecule has 1 aliphatic rings. The highest BCUT2D eigenvalue weighted by atomic mass is 79.9. The average molecular weight is 424 g/mol. The molecule has 1 heterocycles. The largest absolute Gasteiger partial charge is 0.356 e. The molecular weight excluding hydrogens is 394 g/mol. The van der Waals surface area contributed by atoms with Gasteiger partial charge in [0.15, 0.2) is 0 Å². The maximum absolute atomic E-state index is 12.0. The fraction of sp³-hybridized carbons (Fsp3) is 0.600. The molecule has 1 fully saturated rings. The third kappa shape index (κ3) is 7.46. The normalized spacial score (nSPS) is 20.6. The second-order valence-corrected chi connectivity index (χ2v) is 8.34. The van der Waals surface area contributed by atoms with Crippen molar-refractivity contribution in [3.05, 3.63) is 34.3 Å². The first kappa shape index (κ1) is 20.9. The molecule has 1 saturated heterocycles. The number of halogens is 1. The van der Waals surface area contributed by atoms with Crippen molar-refractivity contribution in [3.8, 4) is 0 Å². The lowest BCUT2D eigenvalue weighted by molar-refractivity contribution is -0.120. The van der Waals surface area contributed by atoms with Gasteiger partial charge in [0.2, 0.25) is 5.91 Å². The monoisotopic (exact) mass is 423 g/mol. The van der Waals surface area contributed by atoms with Crippen LogP contribution in [0.1, 0.15) is 43.5 Å². The number of likely N-dealkylation sites (tertiary alicyclic amines) is 1. The third-order valence-electron chi connectivity index (χ3n) is 4.66. The van der Waals surface area contributed by atoms with Crippen LogP contribution in [-0.2, 0) is 4.79 Å². The number of benzene rings is 1. The van der Waals surface area contributed by atoms with Crippen molar-refractivity contribution in [3.63, 3.8) is 0 Å². The molecule has 0 saturated carbocycles. The average Bonchev–Trinajstić information content (AvgIpc) is 2.58. The van der Waals surface area contributed by atoms with E-state index >= 15 is 0 Å². The van der Waals surface area contributed by atoms with E-state index in [1.165, 1.54) is 19.5 Å². The highest BCUT2D eigenvalue weighted by molar-refractivity contribution is 9.10. The Morgan fingerprint density at radius 1 is 1.08 bits per heavy atom. The Balaban J connectivity index is 1.55. The van der Waals surface area contributed by atoms with Crippen molar-refractivity contribution in [2.24, 2.45) is 11.8 Å². The fourth-order valence-electron chi connectivity index (χ4n) is 3.59. The molecule has 2 rings (SSSR count). The van der Waals surface area contributed by atoms with Gasteiger partial charge in [-0.1, -0.05) is 29.8 Å². The van der Waals surface area contributed by atoms with Crippen molar-refractivity contribution in [1.29, 1.82) is 0 Å². The minimum absolute atomic E-state index is 0.0125. The number of amides is 2. The predicted octanol–water partition coefficient (Wildman–Crippen LogP) is 3.05. The molecule has 2 atom stereocenters. The second-order valence-electron chi connectivity index (χ2n) is 7.42. The van der Waals surface area contributed by atoms with Gasteiger partial charge in [-0.2, -0.15) is 0 Å². The zero-order valence-corrected chi connectivity index (χ0v) is 17.3. The number of nitrogens with zero attached hydrogens (tertiary/aromatic N) is 1. The van der Waals surface area contributed by atoms with Crippen molar-refractivity contribution in [1.82, 2.24) is 15.5 Å². The molecule has 1 aromatic rings. The zero-order chi connectivity index (χ0) is 18.9. The predicted molar refractivity (Wildman–Crippen MR) is 108 cm³/mol. The van der Waals surface area contributed by atoms with E-state index in [4.69, 9.17) is 0 Å². The van der Waals surface area contributed by atoms with Gasteiger partial charge in [-0.25, -0.2) is 0 Å². The summed E-state index contributed by atoms with van der Waals surface area (Å²) >= 11 is 3.34. The molecule has 0 aliphatic carbocycles. The molecule has 0 aromatic heterocycles. The molecule has 0 bridgehead atoms. The van der Waals surface area contributed by atoms with Crippen LogP contribution in [0.3, 0.4) is 0 Å². The lowest BCUT2D eigenvalue weighted by Gasteiger charge is -2.34. The van der Waals surface area contributed by atoms with Crippen molar-refractivity contribution in [2.75, 3.05) is 32.7 Å². The minimum Gasteiger partial charge on any atom is -0.356 e. The van der Waals surface area contributed by atoms with Crippen molar-refractivity contribution >= 4 is 27.7 Å². The highest BCUT2D eigenvalue weighted by Gasteiger charge is 2.21. The van der Waals surface area contributed by atoms with Gasteiger partial charge in [0.1, 0.15) is 0 Å². The first-order valence-electron chi connectivity index (χ1n) is 9.47. The van der Waals surface area contributed by atoms with Gasteiger partial charge in [-0.05, 0) is 55.5 Å². The number of hydrogen-bond donors (Lipinski definition) is 2. The van der Waals surface area contributed by atoms with Crippen LogP contribution < -0.4 is 10.6 Å². The van der Waals surface area contributed by atoms with Gasteiger partial charge in [0.25, 0.3) is 5.91 Å². The van der Waals surface area contributed by atoms with E-state index in [9.17, 15) is 9.59 Å². The molecule has 144 valence electrons. The zero-order valence-electron chi connectivity index (χ0n) is 15.8. The summed E-state index contributed by atoms with van der Waals surface area (Å²) in [5.74, 6) is 1.37. The van der Waals surface area contributed by atoms with Crippen LogP contribution in [0.4, 0.5) is 0 Å². The first-order chi connectivity index (χ1) is 12.4.